The second-order valence-corrected chi connectivity index (χ2v) is 10.3. The van der Waals surface area contributed by atoms with Gasteiger partial charge in [-0.25, -0.2) is 4.79 Å². The van der Waals surface area contributed by atoms with Crippen molar-refractivity contribution in [1.29, 1.82) is 0 Å². The lowest BCUT2D eigenvalue weighted by Gasteiger charge is -2.39. The topological polar surface area (TPSA) is 69.6 Å². The monoisotopic (exact) mass is 470 g/mol. The average molecular weight is 471 g/mol. The summed E-state index contributed by atoms with van der Waals surface area (Å²) in [7, 11) is 0. The Balaban J connectivity index is 1.41. The molecule has 3 aromatic carbocycles. The van der Waals surface area contributed by atoms with Gasteiger partial charge in [0.15, 0.2) is 0 Å². The van der Waals surface area contributed by atoms with Gasteiger partial charge in [-0.15, -0.1) is 0 Å². The molecule has 0 aliphatic heterocycles. The highest BCUT2D eigenvalue weighted by atomic mass is 16.4. The lowest BCUT2D eigenvalue weighted by atomic mass is 9.75. The summed E-state index contributed by atoms with van der Waals surface area (Å²) in [6.45, 7) is 5.39. The van der Waals surface area contributed by atoms with Crippen LogP contribution in [0.5, 0.6) is 0 Å². The van der Waals surface area contributed by atoms with Crippen molar-refractivity contribution in [3.05, 3.63) is 95.6 Å². The molecule has 0 bridgehead atoms. The summed E-state index contributed by atoms with van der Waals surface area (Å²) in [5, 5.41) is 12.8. The molecule has 0 spiro atoms. The zero-order valence-electron chi connectivity index (χ0n) is 20.5. The number of hydrogen-bond donors (Lipinski definition) is 2. The van der Waals surface area contributed by atoms with Gasteiger partial charge in [0.25, 0.3) is 5.91 Å². The SMILES string of the molecule is CC1(C)CCC(N(Cc2ccc(-c3cccc(C(=O)NCc4ccccc4)c3)cc2)C(=O)O)CC1. The number of nitrogens with zero attached hydrogens (tertiary/aromatic N) is 1. The Morgan fingerprint density at radius 3 is 2.23 bits per heavy atom. The molecule has 5 nitrogen and oxygen atoms in total. The average Bonchev–Trinajstić information content (AvgIpc) is 2.87. The van der Waals surface area contributed by atoms with Crippen LogP contribution in [0, 0.1) is 5.41 Å². The van der Waals surface area contributed by atoms with Crippen molar-refractivity contribution in [3.8, 4) is 11.1 Å². The molecule has 0 heterocycles. The van der Waals surface area contributed by atoms with Gasteiger partial charge < -0.3 is 15.3 Å². The van der Waals surface area contributed by atoms with Crippen molar-refractivity contribution in [2.24, 2.45) is 5.41 Å². The molecule has 1 aliphatic rings. The van der Waals surface area contributed by atoms with Crippen molar-refractivity contribution in [1.82, 2.24) is 10.2 Å². The molecule has 182 valence electrons. The molecule has 1 aliphatic carbocycles. The van der Waals surface area contributed by atoms with Crippen molar-refractivity contribution in [2.45, 2.75) is 58.7 Å². The molecule has 4 rings (SSSR count). The molecular formula is C30H34N2O3. The Morgan fingerprint density at radius 1 is 0.886 bits per heavy atom. The van der Waals surface area contributed by atoms with Crippen LogP contribution in [0.25, 0.3) is 11.1 Å². The largest absolute Gasteiger partial charge is 0.465 e. The van der Waals surface area contributed by atoms with Crippen molar-refractivity contribution >= 4 is 12.0 Å². The van der Waals surface area contributed by atoms with E-state index in [2.05, 4.69) is 19.2 Å². The first-order valence-electron chi connectivity index (χ1n) is 12.3. The van der Waals surface area contributed by atoms with Gasteiger partial charge >= 0.3 is 6.09 Å². The first-order valence-corrected chi connectivity index (χ1v) is 12.3. The second kappa shape index (κ2) is 10.8. The molecule has 5 heteroatoms. The van der Waals surface area contributed by atoms with Gasteiger partial charge in [0.2, 0.25) is 0 Å². The lowest BCUT2D eigenvalue weighted by molar-refractivity contribution is 0.0851. The molecule has 1 fully saturated rings. The van der Waals surface area contributed by atoms with E-state index in [9.17, 15) is 14.7 Å². The summed E-state index contributed by atoms with van der Waals surface area (Å²) >= 11 is 0. The zero-order chi connectivity index (χ0) is 24.8. The van der Waals surface area contributed by atoms with Crippen LogP contribution in [0.4, 0.5) is 4.79 Å². The number of amides is 2. The van der Waals surface area contributed by atoms with Gasteiger partial charge in [0.05, 0.1) is 0 Å². The minimum atomic E-state index is -0.854. The number of nitrogens with one attached hydrogen (secondary N) is 1. The van der Waals surface area contributed by atoms with Crippen LogP contribution in [-0.2, 0) is 13.1 Å². The van der Waals surface area contributed by atoms with E-state index < -0.39 is 6.09 Å². The fourth-order valence-corrected chi connectivity index (χ4v) is 4.77. The fourth-order valence-electron chi connectivity index (χ4n) is 4.77. The van der Waals surface area contributed by atoms with Gasteiger partial charge in [-0.1, -0.05) is 80.6 Å². The number of hydrogen-bond acceptors (Lipinski definition) is 2. The summed E-state index contributed by atoms with van der Waals surface area (Å²) < 4.78 is 0. The highest BCUT2D eigenvalue weighted by molar-refractivity contribution is 5.95. The predicted molar refractivity (Wildman–Crippen MR) is 139 cm³/mol. The molecule has 3 aromatic rings. The van der Waals surface area contributed by atoms with Gasteiger partial charge in [-0.3, -0.25) is 4.79 Å². The fraction of sp³-hybridized carbons (Fsp3) is 0.333. The molecule has 35 heavy (non-hydrogen) atoms. The quantitative estimate of drug-likeness (QED) is 0.402. The summed E-state index contributed by atoms with van der Waals surface area (Å²) in [4.78, 5) is 26.2. The highest BCUT2D eigenvalue weighted by Gasteiger charge is 2.32. The summed E-state index contributed by atoms with van der Waals surface area (Å²) in [5.74, 6) is -0.111. The van der Waals surface area contributed by atoms with E-state index in [1.165, 1.54) is 0 Å². The van der Waals surface area contributed by atoms with Crippen LogP contribution >= 0.6 is 0 Å². The highest BCUT2D eigenvalue weighted by Crippen LogP contribution is 2.37. The van der Waals surface area contributed by atoms with E-state index in [1.807, 2.05) is 78.9 Å². The van der Waals surface area contributed by atoms with Crippen LogP contribution in [0.3, 0.4) is 0 Å². The van der Waals surface area contributed by atoms with E-state index in [0.717, 1.165) is 47.9 Å². The number of rotatable bonds is 7. The molecule has 2 amide bonds. The Bertz CT molecular complexity index is 1150. The van der Waals surface area contributed by atoms with Crippen LogP contribution in [0.2, 0.25) is 0 Å². The standard InChI is InChI=1S/C30H34N2O3/c1-30(2)17-15-27(16-18-30)32(29(34)35)21-23-11-13-24(14-12-23)25-9-6-10-26(19-25)28(33)31-20-22-7-4-3-5-8-22/h3-14,19,27H,15-18,20-21H2,1-2H3,(H,31,33)(H,34,35). The van der Waals surface area contributed by atoms with Gasteiger partial charge in [-0.2, -0.15) is 0 Å². The van der Waals surface area contributed by atoms with E-state index in [-0.39, 0.29) is 11.9 Å². The molecule has 0 aromatic heterocycles. The Labute approximate surface area is 207 Å². The van der Waals surface area contributed by atoms with Crippen molar-refractivity contribution in [3.63, 3.8) is 0 Å². The van der Waals surface area contributed by atoms with Crippen LogP contribution in [-0.4, -0.2) is 28.0 Å². The molecule has 2 N–H and O–H groups in total. The molecule has 0 radical (unpaired) electrons. The number of benzene rings is 3. The third-order valence-corrected chi connectivity index (χ3v) is 7.06. The van der Waals surface area contributed by atoms with Gasteiger partial charge in [0, 0.05) is 24.7 Å². The third-order valence-electron chi connectivity index (χ3n) is 7.06. The van der Waals surface area contributed by atoms with E-state index in [4.69, 9.17) is 0 Å². The summed E-state index contributed by atoms with van der Waals surface area (Å²) in [6, 6.07) is 25.5. The Hall–Kier alpha value is -3.60. The minimum Gasteiger partial charge on any atom is -0.465 e. The summed E-state index contributed by atoms with van der Waals surface area (Å²) in [6.07, 6.45) is 3.08. The molecule has 0 atom stereocenters. The molecule has 1 saturated carbocycles. The van der Waals surface area contributed by atoms with Crippen molar-refractivity contribution in [2.75, 3.05) is 0 Å². The number of carbonyl (C=O) groups is 2. The van der Waals surface area contributed by atoms with E-state index in [1.54, 1.807) is 4.90 Å². The molecular weight excluding hydrogens is 436 g/mol. The van der Waals surface area contributed by atoms with E-state index >= 15 is 0 Å². The maximum absolute atomic E-state index is 12.7. The first kappa shape index (κ1) is 24.5. The Morgan fingerprint density at radius 2 is 1.57 bits per heavy atom. The summed E-state index contributed by atoms with van der Waals surface area (Å²) in [5.41, 5.74) is 4.88. The minimum absolute atomic E-state index is 0.0753. The smallest absolute Gasteiger partial charge is 0.407 e. The second-order valence-electron chi connectivity index (χ2n) is 10.3. The number of carbonyl (C=O) groups excluding carboxylic acids is 1. The number of carboxylic acid groups (broad SMARTS) is 1. The normalized spacial score (nSPS) is 15.4. The third kappa shape index (κ3) is 6.50. The maximum atomic E-state index is 12.7. The van der Waals surface area contributed by atoms with Crippen LogP contribution in [0.15, 0.2) is 78.9 Å². The predicted octanol–water partition coefficient (Wildman–Crippen LogP) is 6.73. The van der Waals surface area contributed by atoms with Crippen LogP contribution < -0.4 is 5.32 Å². The zero-order valence-corrected chi connectivity index (χ0v) is 20.5. The first-order chi connectivity index (χ1) is 16.8. The lowest BCUT2D eigenvalue weighted by Crippen LogP contribution is -2.42. The van der Waals surface area contributed by atoms with Gasteiger partial charge in [-0.05, 0) is 65.5 Å². The Kier molecular flexibility index (Phi) is 7.54. The van der Waals surface area contributed by atoms with Crippen molar-refractivity contribution < 1.29 is 14.7 Å². The van der Waals surface area contributed by atoms with E-state index in [0.29, 0.717) is 24.1 Å². The molecule has 0 saturated heterocycles. The van der Waals surface area contributed by atoms with Gasteiger partial charge in [0.1, 0.15) is 0 Å². The van der Waals surface area contributed by atoms with Crippen LogP contribution in [0.1, 0.15) is 61.0 Å². The maximum Gasteiger partial charge on any atom is 0.407 e. The molecule has 0 unspecified atom stereocenters.